The zero-order chi connectivity index (χ0) is 15.3. The van der Waals surface area contributed by atoms with Crippen molar-refractivity contribution in [2.45, 2.75) is 72.3 Å². The van der Waals surface area contributed by atoms with Crippen LogP contribution in [0.1, 0.15) is 65.1 Å². The van der Waals surface area contributed by atoms with Crippen molar-refractivity contribution in [1.82, 2.24) is 0 Å². The van der Waals surface area contributed by atoms with Gasteiger partial charge in [-0.1, -0.05) is 55.4 Å². The number of hydrogen-bond acceptors (Lipinski definition) is 3. The van der Waals surface area contributed by atoms with Crippen LogP contribution in [0.25, 0.3) is 0 Å². The average molecular weight is 296 g/mol. The fraction of sp³-hybridized carbons (Fsp3) is 0.765. The van der Waals surface area contributed by atoms with Gasteiger partial charge in [0.1, 0.15) is 12.7 Å². The molecule has 0 fully saturated rings. The summed E-state index contributed by atoms with van der Waals surface area (Å²) in [6, 6.07) is 0. The number of ether oxygens (including phenoxy) is 2. The molecule has 2 nitrogen and oxygen atoms in total. The molecule has 0 amide bonds. The molecule has 3 heteroatoms. The molecular formula is C17H28O2S. The number of rotatable bonds is 1. The van der Waals surface area contributed by atoms with Crippen molar-refractivity contribution in [3.05, 3.63) is 9.75 Å². The predicted molar refractivity (Wildman–Crippen MR) is 86.5 cm³/mol. The molecule has 0 saturated heterocycles. The van der Waals surface area contributed by atoms with Gasteiger partial charge in [0.05, 0.1) is 9.75 Å². The van der Waals surface area contributed by atoms with Crippen molar-refractivity contribution < 1.29 is 9.47 Å². The van der Waals surface area contributed by atoms with Crippen LogP contribution < -0.4 is 9.47 Å². The van der Waals surface area contributed by atoms with Gasteiger partial charge in [-0.25, -0.2) is 0 Å². The van der Waals surface area contributed by atoms with Crippen molar-refractivity contribution in [2.24, 2.45) is 5.92 Å². The smallest absolute Gasteiger partial charge is 0.176 e. The molecule has 114 valence electrons. The molecule has 1 atom stereocenters. The van der Waals surface area contributed by atoms with Crippen LogP contribution in [0.3, 0.4) is 0 Å². The van der Waals surface area contributed by atoms with Crippen LogP contribution in [0.15, 0.2) is 0 Å². The molecule has 0 radical (unpaired) electrons. The third-order valence-electron chi connectivity index (χ3n) is 3.59. The summed E-state index contributed by atoms with van der Waals surface area (Å²) in [5.74, 6) is 2.45. The Hall–Kier alpha value is -0.700. The SMILES string of the molecule is CC(C)C1COc2c(C(C)(C)C)sc(C(C)(C)C)c2O1. The van der Waals surface area contributed by atoms with Gasteiger partial charge in [-0.05, 0) is 5.92 Å². The van der Waals surface area contributed by atoms with Gasteiger partial charge in [-0.15, -0.1) is 11.3 Å². The summed E-state index contributed by atoms with van der Waals surface area (Å²) in [5.41, 5.74) is 0.173. The highest BCUT2D eigenvalue weighted by atomic mass is 32.1. The highest BCUT2D eigenvalue weighted by molar-refractivity contribution is 7.13. The molecule has 0 spiro atoms. The molecule has 0 aliphatic carbocycles. The van der Waals surface area contributed by atoms with E-state index in [1.54, 1.807) is 0 Å². The summed E-state index contributed by atoms with van der Waals surface area (Å²) in [7, 11) is 0. The average Bonchev–Trinajstić information content (AvgIpc) is 2.65. The Morgan fingerprint density at radius 3 is 1.90 bits per heavy atom. The Kier molecular flexibility index (Phi) is 3.87. The minimum atomic E-state index is 0.0838. The quantitative estimate of drug-likeness (QED) is 0.714. The Labute approximate surface area is 127 Å². The van der Waals surface area contributed by atoms with Crippen molar-refractivity contribution >= 4 is 11.3 Å². The second kappa shape index (κ2) is 4.94. The fourth-order valence-corrected chi connectivity index (χ4v) is 3.60. The second-order valence-corrected chi connectivity index (χ2v) is 9.15. The lowest BCUT2D eigenvalue weighted by molar-refractivity contribution is 0.0571. The fourth-order valence-electron chi connectivity index (χ4n) is 2.31. The molecule has 2 heterocycles. The summed E-state index contributed by atoms with van der Waals surface area (Å²) in [6.07, 6.45) is 0.158. The van der Waals surface area contributed by atoms with Crippen molar-refractivity contribution in [3.8, 4) is 11.5 Å². The van der Waals surface area contributed by atoms with Crippen LogP contribution in [0, 0.1) is 5.92 Å². The van der Waals surface area contributed by atoms with E-state index in [0.29, 0.717) is 12.5 Å². The molecule has 0 N–H and O–H groups in total. The zero-order valence-electron chi connectivity index (χ0n) is 14.1. The number of thiophene rings is 1. The maximum Gasteiger partial charge on any atom is 0.176 e. The van der Waals surface area contributed by atoms with E-state index in [2.05, 4.69) is 55.4 Å². The summed E-state index contributed by atoms with van der Waals surface area (Å²) in [6.45, 7) is 18.5. The van der Waals surface area contributed by atoms with Crippen LogP contribution in [-0.4, -0.2) is 12.7 Å². The molecule has 1 aliphatic heterocycles. The lowest BCUT2D eigenvalue weighted by Gasteiger charge is -2.31. The maximum atomic E-state index is 6.31. The molecule has 0 saturated carbocycles. The minimum absolute atomic E-state index is 0.0838. The van der Waals surface area contributed by atoms with Gasteiger partial charge < -0.3 is 9.47 Å². The van der Waals surface area contributed by atoms with Crippen molar-refractivity contribution in [1.29, 1.82) is 0 Å². The van der Waals surface area contributed by atoms with E-state index in [9.17, 15) is 0 Å². The van der Waals surface area contributed by atoms with Crippen LogP contribution in [0.5, 0.6) is 11.5 Å². The second-order valence-electron chi connectivity index (χ2n) is 8.13. The van der Waals surface area contributed by atoms with Gasteiger partial charge in [0.15, 0.2) is 11.5 Å². The third-order valence-corrected chi connectivity index (χ3v) is 5.59. The molecular weight excluding hydrogens is 268 g/mol. The summed E-state index contributed by atoms with van der Waals surface area (Å²) in [5, 5.41) is 0. The molecule has 1 aromatic heterocycles. The molecule has 0 aromatic carbocycles. The first-order chi connectivity index (χ1) is 9.01. The van der Waals surface area contributed by atoms with Gasteiger partial charge in [0, 0.05) is 10.8 Å². The summed E-state index contributed by atoms with van der Waals surface area (Å²) >= 11 is 1.85. The Bertz CT molecular complexity index is 486. The largest absolute Gasteiger partial charge is 0.485 e. The normalized spacial score (nSPS) is 19.6. The van der Waals surface area contributed by atoms with Crippen LogP contribution in [0.2, 0.25) is 0 Å². The van der Waals surface area contributed by atoms with E-state index < -0.39 is 0 Å². The van der Waals surface area contributed by atoms with E-state index in [-0.39, 0.29) is 16.9 Å². The molecule has 1 aliphatic rings. The Morgan fingerprint density at radius 2 is 1.45 bits per heavy atom. The first kappa shape index (κ1) is 15.7. The van der Waals surface area contributed by atoms with E-state index >= 15 is 0 Å². The number of fused-ring (bicyclic) bond motifs is 1. The van der Waals surface area contributed by atoms with Crippen LogP contribution in [0.4, 0.5) is 0 Å². The van der Waals surface area contributed by atoms with E-state index in [1.807, 2.05) is 11.3 Å². The topological polar surface area (TPSA) is 18.5 Å². The van der Waals surface area contributed by atoms with Crippen LogP contribution in [-0.2, 0) is 10.8 Å². The number of hydrogen-bond donors (Lipinski definition) is 0. The molecule has 20 heavy (non-hydrogen) atoms. The monoisotopic (exact) mass is 296 g/mol. The first-order valence-electron chi connectivity index (χ1n) is 7.49. The molecule has 0 bridgehead atoms. The predicted octanol–water partition coefficient (Wildman–Crippen LogP) is 5.14. The third kappa shape index (κ3) is 2.83. The summed E-state index contributed by atoms with van der Waals surface area (Å²) < 4.78 is 12.4. The van der Waals surface area contributed by atoms with Gasteiger partial charge in [-0.3, -0.25) is 0 Å². The maximum absolute atomic E-state index is 6.31. The van der Waals surface area contributed by atoms with Crippen LogP contribution >= 0.6 is 11.3 Å². The highest BCUT2D eigenvalue weighted by Gasteiger charge is 2.37. The van der Waals surface area contributed by atoms with Gasteiger partial charge in [0.25, 0.3) is 0 Å². The molecule has 2 rings (SSSR count). The standard InChI is InChI=1S/C17H28O2S/c1-10(2)11-9-18-12-13(19-11)15(17(6,7)8)20-14(12)16(3,4)5/h10-11H,9H2,1-8H3. The van der Waals surface area contributed by atoms with Crippen molar-refractivity contribution in [2.75, 3.05) is 6.61 Å². The molecule has 1 aromatic rings. The zero-order valence-corrected chi connectivity index (χ0v) is 14.9. The van der Waals surface area contributed by atoms with Gasteiger partial charge >= 0.3 is 0 Å². The Morgan fingerprint density at radius 1 is 0.950 bits per heavy atom. The van der Waals surface area contributed by atoms with E-state index in [0.717, 1.165) is 11.5 Å². The highest BCUT2D eigenvalue weighted by Crippen LogP contribution is 2.53. The van der Waals surface area contributed by atoms with Crippen molar-refractivity contribution in [3.63, 3.8) is 0 Å². The Balaban J connectivity index is 2.54. The lowest BCUT2D eigenvalue weighted by Crippen LogP contribution is -2.34. The lowest BCUT2D eigenvalue weighted by atomic mass is 9.91. The minimum Gasteiger partial charge on any atom is -0.485 e. The van der Waals surface area contributed by atoms with E-state index in [4.69, 9.17) is 9.47 Å². The van der Waals surface area contributed by atoms with Gasteiger partial charge in [-0.2, -0.15) is 0 Å². The van der Waals surface area contributed by atoms with Gasteiger partial charge in [0.2, 0.25) is 0 Å². The van der Waals surface area contributed by atoms with E-state index in [1.165, 1.54) is 9.75 Å². The molecule has 1 unspecified atom stereocenters. The summed E-state index contributed by atoms with van der Waals surface area (Å²) in [4.78, 5) is 2.61. The first-order valence-corrected chi connectivity index (χ1v) is 8.30.